The van der Waals surface area contributed by atoms with Crippen molar-refractivity contribution in [1.82, 2.24) is 9.78 Å². The first-order valence-corrected chi connectivity index (χ1v) is 9.99. The minimum atomic E-state index is -3.50. The van der Waals surface area contributed by atoms with Gasteiger partial charge in [-0.2, -0.15) is 5.10 Å². The van der Waals surface area contributed by atoms with Gasteiger partial charge in [0.2, 0.25) is 0 Å². The molecule has 1 aliphatic rings. The fraction of sp³-hybridized carbons (Fsp3) is 0.438. The number of nitro benzene ring substituents is 1. The topological polar surface area (TPSA) is 107 Å². The Labute approximate surface area is 145 Å². The van der Waals surface area contributed by atoms with E-state index in [4.69, 9.17) is 0 Å². The monoisotopic (exact) mass is 364 g/mol. The molecule has 0 saturated heterocycles. The summed E-state index contributed by atoms with van der Waals surface area (Å²) in [6.45, 7) is 0. The number of hydrogen-bond donors (Lipinski definition) is 1. The van der Waals surface area contributed by atoms with E-state index >= 15 is 0 Å². The van der Waals surface area contributed by atoms with E-state index in [1.54, 1.807) is 6.20 Å². The predicted molar refractivity (Wildman–Crippen MR) is 93.3 cm³/mol. The second-order valence-corrected chi connectivity index (χ2v) is 8.31. The largest absolute Gasteiger partial charge is 0.375 e. The van der Waals surface area contributed by atoms with E-state index in [9.17, 15) is 18.5 Å². The van der Waals surface area contributed by atoms with Crippen LogP contribution in [-0.4, -0.2) is 35.4 Å². The van der Waals surface area contributed by atoms with E-state index in [2.05, 4.69) is 10.4 Å². The number of anilines is 1. The van der Waals surface area contributed by atoms with Crippen LogP contribution in [0.5, 0.6) is 0 Å². The van der Waals surface area contributed by atoms with Crippen molar-refractivity contribution in [3.63, 3.8) is 0 Å². The molecule has 1 aliphatic carbocycles. The first kappa shape index (κ1) is 17.4. The van der Waals surface area contributed by atoms with Gasteiger partial charge >= 0.3 is 0 Å². The molecule has 2 atom stereocenters. The number of rotatable bonds is 5. The van der Waals surface area contributed by atoms with E-state index in [0.717, 1.165) is 38.0 Å². The highest BCUT2D eigenvalue weighted by atomic mass is 32.2. The third-order valence-corrected chi connectivity index (χ3v) is 5.64. The lowest BCUT2D eigenvalue weighted by atomic mass is 9.90. The molecule has 0 bridgehead atoms. The zero-order valence-corrected chi connectivity index (χ0v) is 14.6. The van der Waals surface area contributed by atoms with Gasteiger partial charge in [0.1, 0.15) is 5.69 Å². The van der Waals surface area contributed by atoms with Crippen LogP contribution in [0.2, 0.25) is 0 Å². The molecule has 1 fully saturated rings. The van der Waals surface area contributed by atoms with E-state index in [1.807, 2.05) is 16.9 Å². The molecule has 1 heterocycles. The van der Waals surface area contributed by atoms with Crippen LogP contribution in [0.15, 0.2) is 41.6 Å². The smallest absolute Gasteiger partial charge is 0.293 e. The average molecular weight is 364 g/mol. The number of sulfone groups is 1. The van der Waals surface area contributed by atoms with Gasteiger partial charge in [-0.1, -0.05) is 12.8 Å². The second-order valence-electron chi connectivity index (χ2n) is 6.30. The van der Waals surface area contributed by atoms with Gasteiger partial charge in [0.25, 0.3) is 5.69 Å². The Morgan fingerprint density at radius 1 is 1.32 bits per heavy atom. The fourth-order valence-corrected chi connectivity index (χ4v) is 3.93. The Balaban J connectivity index is 1.92. The maximum absolute atomic E-state index is 11.7. The number of benzene rings is 1. The van der Waals surface area contributed by atoms with Gasteiger partial charge in [-0.3, -0.25) is 14.8 Å². The molecule has 1 saturated carbocycles. The number of aromatic nitrogens is 2. The lowest BCUT2D eigenvalue weighted by Gasteiger charge is -2.33. The van der Waals surface area contributed by atoms with Gasteiger partial charge in [-0.15, -0.1) is 0 Å². The van der Waals surface area contributed by atoms with Gasteiger partial charge in [0.05, 0.1) is 15.9 Å². The molecule has 0 amide bonds. The summed E-state index contributed by atoms with van der Waals surface area (Å²) in [7, 11) is -3.50. The summed E-state index contributed by atoms with van der Waals surface area (Å²) in [5, 5.41) is 19.0. The van der Waals surface area contributed by atoms with E-state index in [-0.39, 0.29) is 22.7 Å². The molecular formula is C16H20N4O4S. The predicted octanol–water partition coefficient (Wildman–Crippen LogP) is 2.79. The first-order valence-electron chi connectivity index (χ1n) is 8.10. The molecule has 0 aliphatic heterocycles. The Kier molecular flexibility index (Phi) is 4.76. The molecule has 0 unspecified atom stereocenters. The molecule has 1 aromatic carbocycles. The Bertz CT molecular complexity index is 864. The summed E-state index contributed by atoms with van der Waals surface area (Å²) in [6, 6.07) is 5.95. The van der Waals surface area contributed by atoms with Crippen molar-refractivity contribution in [2.24, 2.45) is 0 Å². The van der Waals surface area contributed by atoms with Gasteiger partial charge in [-0.05, 0) is 31.0 Å². The Morgan fingerprint density at radius 2 is 2.08 bits per heavy atom. The summed E-state index contributed by atoms with van der Waals surface area (Å²) in [5.41, 5.74) is 0.106. The van der Waals surface area contributed by atoms with Crippen LogP contribution in [-0.2, 0) is 9.84 Å². The quantitative estimate of drug-likeness (QED) is 0.646. The maximum Gasteiger partial charge on any atom is 0.293 e. The number of hydrogen-bond acceptors (Lipinski definition) is 6. The van der Waals surface area contributed by atoms with Crippen LogP contribution in [0.3, 0.4) is 0 Å². The summed E-state index contributed by atoms with van der Waals surface area (Å²) >= 11 is 0. The second kappa shape index (κ2) is 6.83. The average Bonchev–Trinajstić information content (AvgIpc) is 3.09. The Hall–Kier alpha value is -2.42. The Morgan fingerprint density at radius 3 is 2.72 bits per heavy atom. The highest BCUT2D eigenvalue weighted by Gasteiger charge is 2.29. The van der Waals surface area contributed by atoms with Crippen molar-refractivity contribution in [2.75, 3.05) is 11.6 Å². The minimum Gasteiger partial charge on any atom is -0.375 e. The summed E-state index contributed by atoms with van der Waals surface area (Å²) in [6.07, 6.45) is 8.57. The SMILES string of the molecule is CS(=O)(=O)c1ccc(N[C@H]2CCCC[C@@H]2n2cccn2)c([N+](=O)[O-])c1. The first-order chi connectivity index (χ1) is 11.9. The van der Waals surface area contributed by atoms with Crippen LogP contribution in [0.4, 0.5) is 11.4 Å². The third-order valence-electron chi connectivity index (χ3n) is 4.53. The van der Waals surface area contributed by atoms with Gasteiger partial charge in [0.15, 0.2) is 9.84 Å². The summed E-state index contributed by atoms with van der Waals surface area (Å²) in [5.74, 6) is 0. The van der Waals surface area contributed by atoms with Crippen molar-refractivity contribution in [3.05, 3.63) is 46.8 Å². The number of nitrogens with one attached hydrogen (secondary N) is 1. The lowest BCUT2D eigenvalue weighted by Crippen LogP contribution is -2.34. The van der Waals surface area contributed by atoms with Gasteiger partial charge in [0, 0.05) is 30.8 Å². The molecule has 1 N–H and O–H groups in total. The van der Waals surface area contributed by atoms with Crippen molar-refractivity contribution in [2.45, 2.75) is 42.7 Å². The van der Waals surface area contributed by atoms with Crippen LogP contribution >= 0.6 is 0 Å². The molecule has 8 nitrogen and oxygen atoms in total. The minimum absolute atomic E-state index is 0.00330. The van der Waals surface area contributed by atoms with E-state index < -0.39 is 14.8 Å². The van der Waals surface area contributed by atoms with Crippen LogP contribution in [0.1, 0.15) is 31.7 Å². The van der Waals surface area contributed by atoms with Crippen molar-refractivity contribution in [1.29, 1.82) is 0 Å². The molecule has 1 aromatic heterocycles. The van der Waals surface area contributed by atoms with Crippen LogP contribution in [0, 0.1) is 10.1 Å². The highest BCUT2D eigenvalue weighted by Crippen LogP contribution is 2.34. The molecular weight excluding hydrogens is 344 g/mol. The number of nitrogens with zero attached hydrogens (tertiary/aromatic N) is 3. The zero-order chi connectivity index (χ0) is 18.0. The molecule has 9 heteroatoms. The highest BCUT2D eigenvalue weighted by molar-refractivity contribution is 7.90. The molecule has 2 aromatic rings. The zero-order valence-electron chi connectivity index (χ0n) is 13.8. The third kappa shape index (κ3) is 3.81. The van der Waals surface area contributed by atoms with E-state index in [0.29, 0.717) is 5.69 Å². The molecule has 3 rings (SSSR count). The lowest BCUT2D eigenvalue weighted by molar-refractivity contribution is -0.384. The van der Waals surface area contributed by atoms with E-state index in [1.165, 1.54) is 12.1 Å². The molecule has 0 spiro atoms. The van der Waals surface area contributed by atoms with Crippen molar-refractivity contribution in [3.8, 4) is 0 Å². The van der Waals surface area contributed by atoms with Gasteiger partial charge in [-0.25, -0.2) is 8.42 Å². The molecule has 0 radical (unpaired) electrons. The molecule has 25 heavy (non-hydrogen) atoms. The fourth-order valence-electron chi connectivity index (χ4n) is 3.29. The van der Waals surface area contributed by atoms with Crippen molar-refractivity contribution < 1.29 is 13.3 Å². The van der Waals surface area contributed by atoms with Crippen molar-refractivity contribution >= 4 is 21.2 Å². The molecule has 134 valence electrons. The standard InChI is InChI=1S/C16H20N4O4S/c1-25(23,24)12-7-8-14(16(11-12)20(21)22)18-13-5-2-3-6-15(13)19-10-4-9-17-19/h4,7-11,13,15,18H,2-3,5-6H2,1H3/t13-,15-/m0/s1. The van der Waals surface area contributed by atoms with Crippen LogP contribution in [0.25, 0.3) is 0 Å². The van der Waals surface area contributed by atoms with Gasteiger partial charge < -0.3 is 5.32 Å². The normalized spacial score (nSPS) is 21.0. The maximum atomic E-state index is 11.7. The summed E-state index contributed by atoms with van der Waals surface area (Å²) < 4.78 is 25.2. The summed E-state index contributed by atoms with van der Waals surface area (Å²) in [4.78, 5) is 10.8. The van der Waals surface area contributed by atoms with Crippen LogP contribution < -0.4 is 5.32 Å². The number of nitro groups is 1.